The molecule has 1 N–H and O–H groups in total. The molecule has 0 heterocycles. The average molecular weight is 235 g/mol. The number of rotatable bonds is 9. The summed E-state index contributed by atoms with van der Waals surface area (Å²) in [5.41, 5.74) is 1.36. The molecule has 0 radical (unpaired) electrons. The third-order valence-electron chi connectivity index (χ3n) is 2.77. The van der Waals surface area contributed by atoms with Gasteiger partial charge >= 0.3 is 0 Å². The Balaban J connectivity index is 2.05. The fourth-order valence-electron chi connectivity index (χ4n) is 1.67. The molecule has 17 heavy (non-hydrogen) atoms. The van der Waals surface area contributed by atoms with Crippen molar-refractivity contribution in [3.05, 3.63) is 29.8 Å². The van der Waals surface area contributed by atoms with Crippen molar-refractivity contribution >= 4 is 0 Å². The minimum Gasteiger partial charge on any atom is -0.494 e. The predicted molar refractivity (Wildman–Crippen MR) is 73.7 cm³/mol. The Bertz CT molecular complexity index is 281. The largest absolute Gasteiger partial charge is 0.494 e. The van der Waals surface area contributed by atoms with Crippen LogP contribution in [0.25, 0.3) is 0 Å². The zero-order valence-corrected chi connectivity index (χ0v) is 11.2. The summed E-state index contributed by atoms with van der Waals surface area (Å²) in [5, 5.41) is 3.39. The Hall–Kier alpha value is -1.02. The van der Waals surface area contributed by atoms with Crippen LogP contribution in [0.3, 0.4) is 0 Å². The zero-order valence-electron chi connectivity index (χ0n) is 11.2. The van der Waals surface area contributed by atoms with Crippen molar-refractivity contribution in [3.8, 4) is 5.75 Å². The van der Waals surface area contributed by atoms with Crippen molar-refractivity contribution in [1.29, 1.82) is 0 Å². The van der Waals surface area contributed by atoms with Crippen molar-refractivity contribution < 1.29 is 4.74 Å². The van der Waals surface area contributed by atoms with Crippen LogP contribution in [0.2, 0.25) is 0 Å². The van der Waals surface area contributed by atoms with Gasteiger partial charge < -0.3 is 10.1 Å². The van der Waals surface area contributed by atoms with Gasteiger partial charge in [0.05, 0.1) is 6.61 Å². The molecule has 1 rings (SSSR count). The van der Waals surface area contributed by atoms with Crippen molar-refractivity contribution in [2.45, 2.75) is 39.5 Å². The van der Waals surface area contributed by atoms with Crippen LogP contribution in [0.4, 0.5) is 0 Å². The summed E-state index contributed by atoms with van der Waals surface area (Å²) in [7, 11) is 0. The highest BCUT2D eigenvalue weighted by molar-refractivity contribution is 5.27. The van der Waals surface area contributed by atoms with Crippen LogP contribution in [-0.4, -0.2) is 19.7 Å². The molecule has 0 aliphatic heterocycles. The maximum atomic E-state index is 5.68. The highest BCUT2D eigenvalue weighted by atomic mass is 16.5. The van der Waals surface area contributed by atoms with Crippen LogP contribution < -0.4 is 10.1 Å². The number of hydrogen-bond donors (Lipinski definition) is 1. The molecule has 0 aliphatic carbocycles. The quantitative estimate of drug-likeness (QED) is 0.662. The lowest BCUT2D eigenvalue weighted by Gasteiger charge is -2.07. The first-order chi connectivity index (χ1) is 8.36. The molecule has 0 aliphatic rings. The molecule has 0 bridgehead atoms. The van der Waals surface area contributed by atoms with Crippen LogP contribution >= 0.6 is 0 Å². The molecule has 1 aromatic carbocycles. The van der Waals surface area contributed by atoms with E-state index in [0.29, 0.717) is 0 Å². The van der Waals surface area contributed by atoms with Crippen LogP contribution in [0, 0.1) is 0 Å². The van der Waals surface area contributed by atoms with E-state index in [1.54, 1.807) is 0 Å². The van der Waals surface area contributed by atoms with E-state index < -0.39 is 0 Å². The molecule has 1 aromatic rings. The van der Waals surface area contributed by atoms with Crippen molar-refractivity contribution in [2.75, 3.05) is 19.7 Å². The van der Waals surface area contributed by atoms with E-state index in [9.17, 15) is 0 Å². The summed E-state index contributed by atoms with van der Waals surface area (Å²) in [6.07, 6.45) is 4.60. The van der Waals surface area contributed by atoms with Crippen LogP contribution in [0.5, 0.6) is 5.75 Å². The second-order valence-corrected chi connectivity index (χ2v) is 4.30. The van der Waals surface area contributed by atoms with E-state index in [4.69, 9.17) is 4.74 Å². The van der Waals surface area contributed by atoms with Gasteiger partial charge in [0.2, 0.25) is 0 Å². The molecule has 0 unspecified atom stereocenters. The minimum atomic E-state index is 0.819. The van der Waals surface area contributed by atoms with Crippen LogP contribution in [0.15, 0.2) is 24.3 Å². The van der Waals surface area contributed by atoms with E-state index in [1.807, 2.05) is 0 Å². The fraction of sp³-hybridized carbons (Fsp3) is 0.600. The third-order valence-corrected chi connectivity index (χ3v) is 2.77. The smallest absolute Gasteiger partial charge is 0.119 e. The predicted octanol–water partition coefficient (Wildman–Crippen LogP) is 3.41. The van der Waals surface area contributed by atoms with Gasteiger partial charge in [-0.05, 0) is 56.5 Å². The SMILES string of the molecule is CCCNCCCCOc1ccc(CC)cc1. The van der Waals surface area contributed by atoms with Gasteiger partial charge in [0.15, 0.2) is 0 Å². The van der Waals surface area contributed by atoms with Gasteiger partial charge in [0, 0.05) is 0 Å². The topological polar surface area (TPSA) is 21.3 Å². The molecule has 96 valence electrons. The molecule has 0 saturated heterocycles. The third kappa shape index (κ3) is 6.32. The molecular weight excluding hydrogens is 210 g/mol. The van der Waals surface area contributed by atoms with E-state index in [-0.39, 0.29) is 0 Å². The van der Waals surface area contributed by atoms with Gasteiger partial charge in [0.25, 0.3) is 0 Å². The molecule has 0 amide bonds. The summed E-state index contributed by atoms with van der Waals surface area (Å²) >= 11 is 0. The summed E-state index contributed by atoms with van der Waals surface area (Å²) in [6, 6.07) is 8.40. The zero-order chi connectivity index (χ0) is 12.3. The average Bonchev–Trinajstić information content (AvgIpc) is 2.38. The monoisotopic (exact) mass is 235 g/mol. The lowest BCUT2D eigenvalue weighted by molar-refractivity contribution is 0.306. The second-order valence-electron chi connectivity index (χ2n) is 4.30. The standard InChI is InChI=1S/C15H25NO/c1-3-11-16-12-5-6-13-17-15-9-7-14(4-2)8-10-15/h7-10,16H,3-6,11-13H2,1-2H3. The van der Waals surface area contributed by atoms with Gasteiger partial charge in [-0.25, -0.2) is 0 Å². The highest BCUT2D eigenvalue weighted by Crippen LogP contribution is 2.12. The molecule has 0 saturated carbocycles. The molecule has 0 fully saturated rings. The normalized spacial score (nSPS) is 10.5. The molecule has 0 spiro atoms. The number of ether oxygens (including phenoxy) is 1. The number of aryl methyl sites for hydroxylation is 1. The first-order valence-electron chi connectivity index (χ1n) is 6.79. The first kappa shape index (κ1) is 14.0. The first-order valence-corrected chi connectivity index (χ1v) is 6.79. The van der Waals surface area contributed by atoms with Crippen LogP contribution in [0.1, 0.15) is 38.7 Å². The molecule has 2 nitrogen and oxygen atoms in total. The summed E-state index contributed by atoms with van der Waals surface area (Å²) < 4.78 is 5.68. The minimum absolute atomic E-state index is 0.819. The van der Waals surface area contributed by atoms with Crippen LogP contribution in [-0.2, 0) is 6.42 Å². The van der Waals surface area contributed by atoms with E-state index in [2.05, 4.69) is 43.4 Å². The maximum Gasteiger partial charge on any atom is 0.119 e. The molecule has 0 atom stereocenters. The lowest BCUT2D eigenvalue weighted by Crippen LogP contribution is -2.16. The van der Waals surface area contributed by atoms with Gasteiger partial charge in [-0.15, -0.1) is 0 Å². The lowest BCUT2D eigenvalue weighted by atomic mass is 10.2. The Morgan fingerprint density at radius 3 is 2.41 bits per heavy atom. The second kappa shape index (κ2) is 9.06. The van der Waals surface area contributed by atoms with Gasteiger partial charge in [-0.2, -0.15) is 0 Å². The number of unbranched alkanes of at least 4 members (excludes halogenated alkanes) is 1. The van der Waals surface area contributed by atoms with E-state index in [1.165, 1.54) is 18.4 Å². The molecular formula is C15H25NO. The maximum absolute atomic E-state index is 5.68. The van der Waals surface area contributed by atoms with Crippen molar-refractivity contribution in [3.63, 3.8) is 0 Å². The Morgan fingerprint density at radius 2 is 1.76 bits per heavy atom. The van der Waals surface area contributed by atoms with E-state index >= 15 is 0 Å². The molecule has 0 aromatic heterocycles. The Kier molecular flexibility index (Phi) is 7.48. The fourth-order valence-corrected chi connectivity index (χ4v) is 1.67. The van der Waals surface area contributed by atoms with Gasteiger partial charge in [-0.1, -0.05) is 26.0 Å². The Labute approximate surface area is 105 Å². The van der Waals surface area contributed by atoms with Gasteiger partial charge in [0.1, 0.15) is 5.75 Å². The van der Waals surface area contributed by atoms with E-state index in [0.717, 1.165) is 38.3 Å². The highest BCUT2D eigenvalue weighted by Gasteiger charge is 1.94. The van der Waals surface area contributed by atoms with Gasteiger partial charge in [-0.3, -0.25) is 0 Å². The number of hydrogen-bond acceptors (Lipinski definition) is 2. The molecule has 2 heteroatoms. The summed E-state index contributed by atoms with van der Waals surface area (Å²) in [5.74, 6) is 0.990. The Morgan fingerprint density at radius 1 is 1.00 bits per heavy atom. The van der Waals surface area contributed by atoms with Crippen molar-refractivity contribution in [1.82, 2.24) is 5.32 Å². The summed E-state index contributed by atoms with van der Waals surface area (Å²) in [6.45, 7) is 7.40. The number of nitrogens with one attached hydrogen (secondary N) is 1. The summed E-state index contributed by atoms with van der Waals surface area (Å²) in [4.78, 5) is 0. The number of benzene rings is 1. The van der Waals surface area contributed by atoms with Crippen molar-refractivity contribution in [2.24, 2.45) is 0 Å².